The highest BCUT2D eigenvalue weighted by Gasteiger charge is 2.22. The minimum absolute atomic E-state index is 0.0262. The van der Waals surface area contributed by atoms with Crippen LogP contribution in [-0.2, 0) is 16.1 Å². The van der Waals surface area contributed by atoms with E-state index in [1.807, 2.05) is 18.2 Å². The fourth-order valence-electron chi connectivity index (χ4n) is 1.84. The first kappa shape index (κ1) is 16.2. The fourth-order valence-corrected chi connectivity index (χ4v) is 2.03. The summed E-state index contributed by atoms with van der Waals surface area (Å²) in [5.41, 5.74) is 0.892. The smallest absolute Gasteiger partial charge is 0.234 e. The van der Waals surface area contributed by atoms with Crippen molar-refractivity contribution in [2.45, 2.75) is 31.6 Å². The van der Waals surface area contributed by atoms with Crippen molar-refractivity contribution in [1.29, 1.82) is 0 Å². The van der Waals surface area contributed by atoms with Gasteiger partial charge in [-0.05, 0) is 24.5 Å². The molecule has 0 saturated heterocycles. The number of hydrogen-bond acceptors (Lipinski definition) is 4. The third-order valence-electron chi connectivity index (χ3n) is 3.13. The molecule has 1 saturated carbocycles. The van der Waals surface area contributed by atoms with E-state index in [0.29, 0.717) is 24.2 Å². The van der Waals surface area contributed by atoms with Crippen LogP contribution in [0.2, 0.25) is 5.02 Å². The second kappa shape index (κ2) is 8.34. The zero-order chi connectivity index (χ0) is 15.1. The zero-order valence-electron chi connectivity index (χ0n) is 11.8. The quantitative estimate of drug-likeness (QED) is 0.638. The van der Waals surface area contributed by atoms with E-state index in [2.05, 4.69) is 10.6 Å². The molecule has 1 unspecified atom stereocenters. The molecule has 6 heteroatoms. The molecule has 0 spiro atoms. The Bertz CT molecular complexity index is 466. The molecule has 1 aromatic rings. The molecule has 1 amide bonds. The van der Waals surface area contributed by atoms with E-state index >= 15 is 0 Å². The number of nitrogens with one attached hydrogen (secondary N) is 2. The maximum atomic E-state index is 11.4. The summed E-state index contributed by atoms with van der Waals surface area (Å²) in [5.74, 6) is -0.0262. The van der Waals surface area contributed by atoms with Crippen molar-refractivity contribution in [2.24, 2.45) is 0 Å². The van der Waals surface area contributed by atoms with Crippen LogP contribution in [0.5, 0.6) is 0 Å². The van der Waals surface area contributed by atoms with E-state index in [-0.39, 0.29) is 19.1 Å². The molecule has 21 heavy (non-hydrogen) atoms. The van der Waals surface area contributed by atoms with Gasteiger partial charge in [-0.1, -0.05) is 29.8 Å². The predicted octanol–water partition coefficient (Wildman–Crippen LogP) is 1.09. The summed E-state index contributed by atoms with van der Waals surface area (Å²) >= 11 is 6.01. The number of benzene rings is 1. The van der Waals surface area contributed by atoms with Gasteiger partial charge in [-0.15, -0.1) is 0 Å². The highest BCUT2D eigenvalue weighted by molar-refractivity contribution is 6.31. The van der Waals surface area contributed by atoms with Gasteiger partial charge in [0.15, 0.2) is 0 Å². The lowest BCUT2D eigenvalue weighted by Crippen LogP contribution is -2.39. The molecule has 1 aromatic carbocycles. The molecule has 1 atom stereocenters. The Morgan fingerprint density at radius 1 is 1.43 bits per heavy atom. The first-order valence-electron chi connectivity index (χ1n) is 7.14. The van der Waals surface area contributed by atoms with Crippen LogP contribution in [0.15, 0.2) is 24.3 Å². The second-order valence-corrected chi connectivity index (χ2v) is 5.64. The Balaban J connectivity index is 1.53. The van der Waals surface area contributed by atoms with Gasteiger partial charge in [-0.25, -0.2) is 0 Å². The Morgan fingerprint density at radius 3 is 2.90 bits per heavy atom. The van der Waals surface area contributed by atoms with Gasteiger partial charge in [0, 0.05) is 17.6 Å². The molecule has 1 aliphatic carbocycles. The van der Waals surface area contributed by atoms with E-state index < -0.39 is 6.10 Å². The van der Waals surface area contributed by atoms with Crippen molar-refractivity contribution in [2.75, 3.05) is 19.7 Å². The largest absolute Gasteiger partial charge is 0.389 e. The van der Waals surface area contributed by atoms with Crippen molar-refractivity contribution < 1.29 is 14.6 Å². The Labute approximate surface area is 129 Å². The molecule has 3 N–H and O–H groups in total. The molecule has 0 radical (unpaired) electrons. The molecule has 1 fully saturated rings. The molecular formula is C15H21ClN2O3. The summed E-state index contributed by atoms with van der Waals surface area (Å²) < 4.78 is 5.42. The van der Waals surface area contributed by atoms with Crippen molar-refractivity contribution in [3.63, 3.8) is 0 Å². The van der Waals surface area contributed by atoms with Crippen molar-refractivity contribution in [3.05, 3.63) is 34.9 Å². The summed E-state index contributed by atoms with van der Waals surface area (Å²) in [6, 6.07) is 7.80. The third-order valence-corrected chi connectivity index (χ3v) is 3.50. The number of carbonyl (C=O) groups is 1. The van der Waals surface area contributed by atoms with Gasteiger partial charge in [0.1, 0.15) is 0 Å². The standard InChI is InChI=1S/C15H21ClN2O3/c16-14-4-2-1-3-11(14)9-21-10-13(19)7-17-8-15(20)18-12-5-6-12/h1-4,12-13,17,19H,5-10H2,(H,18,20). The van der Waals surface area contributed by atoms with Crippen LogP contribution in [0.25, 0.3) is 0 Å². The molecule has 1 aliphatic rings. The normalized spacial score (nSPS) is 15.7. The molecule has 116 valence electrons. The number of amides is 1. The minimum atomic E-state index is -0.652. The SMILES string of the molecule is O=C(CNCC(O)COCc1ccccc1Cl)NC1CC1. The van der Waals surface area contributed by atoms with Crippen LogP contribution in [0.1, 0.15) is 18.4 Å². The average molecular weight is 313 g/mol. The summed E-state index contributed by atoms with van der Waals surface area (Å²) in [6.07, 6.45) is 1.50. The monoisotopic (exact) mass is 312 g/mol. The van der Waals surface area contributed by atoms with E-state index in [4.69, 9.17) is 16.3 Å². The number of aliphatic hydroxyl groups excluding tert-OH is 1. The van der Waals surface area contributed by atoms with Crippen molar-refractivity contribution in [3.8, 4) is 0 Å². The zero-order valence-corrected chi connectivity index (χ0v) is 12.6. The van der Waals surface area contributed by atoms with Crippen LogP contribution in [-0.4, -0.2) is 42.9 Å². The Morgan fingerprint density at radius 2 is 2.19 bits per heavy atom. The molecule has 0 aromatic heterocycles. The average Bonchev–Trinajstić information content (AvgIpc) is 3.25. The minimum Gasteiger partial charge on any atom is -0.389 e. The van der Waals surface area contributed by atoms with Gasteiger partial charge >= 0.3 is 0 Å². The van der Waals surface area contributed by atoms with Crippen LogP contribution in [0.3, 0.4) is 0 Å². The van der Waals surface area contributed by atoms with Gasteiger partial charge in [0.25, 0.3) is 0 Å². The van der Waals surface area contributed by atoms with Crippen LogP contribution < -0.4 is 10.6 Å². The topological polar surface area (TPSA) is 70.6 Å². The summed E-state index contributed by atoms with van der Waals surface area (Å²) in [5, 5.41) is 16.2. The molecule has 0 aliphatic heterocycles. The van der Waals surface area contributed by atoms with Gasteiger partial charge in [0.05, 0.1) is 25.9 Å². The highest BCUT2D eigenvalue weighted by atomic mass is 35.5. The van der Waals surface area contributed by atoms with Gasteiger partial charge < -0.3 is 20.5 Å². The lowest BCUT2D eigenvalue weighted by molar-refractivity contribution is -0.120. The number of aliphatic hydroxyl groups is 1. The molecular weight excluding hydrogens is 292 g/mol. The van der Waals surface area contributed by atoms with Crippen molar-refractivity contribution in [1.82, 2.24) is 10.6 Å². The molecule has 2 rings (SSSR count). The number of halogens is 1. The molecule has 5 nitrogen and oxygen atoms in total. The van der Waals surface area contributed by atoms with Gasteiger partial charge in [-0.2, -0.15) is 0 Å². The van der Waals surface area contributed by atoms with Crippen LogP contribution in [0.4, 0.5) is 0 Å². The number of rotatable bonds is 9. The third kappa shape index (κ3) is 6.44. The number of hydrogen-bond donors (Lipinski definition) is 3. The first-order chi connectivity index (χ1) is 10.1. The molecule has 0 heterocycles. The van der Waals surface area contributed by atoms with E-state index in [0.717, 1.165) is 18.4 Å². The van der Waals surface area contributed by atoms with E-state index in [1.54, 1.807) is 6.07 Å². The molecule has 0 bridgehead atoms. The maximum Gasteiger partial charge on any atom is 0.234 e. The Kier molecular flexibility index (Phi) is 6.45. The lowest BCUT2D eigenvalue weighted by atomic mass is 10.2. The van der Waals surface area contributed by atoms with Crippen LogP contribution >= 0.6 is 11.6 Å². The van der Waals surface area contributed by atoms with Gasteiger partial charge in [0.2, 0.25) is 5.91 Å². The highest BCUT2D eigenvalue weighted by Crippen LogP contribution is 2.18. The number of ether oxygens (including phenoxy) is 1. The number of carbonyl (C=O) groups excluding carboxylic acids is 1. The van der Waals surface area contributed by atoms with E-state index in [1.165, 1.54) is 0 Å². The Hall–Kier alpha value is -1.14. The van der Waals surface area contributed by atoms with Crippen molar-refractivity contribution >= 4 is 17.5 Å². The second-order valence-electron chi connectivity index (χ2n) is 5.23. The van der Waals surface area contributed by atoms with Crippen LogP contribution in [0, 0.1) is 0 Å². The maximum absolute atomic E-state index is 11.4. The summed E-state index contributed by atoms with van der Waals surface area (Å²) in [7, 11) is 0. The lowest BCUT2D eigenvalue weighted by Gasteiger charge is -2.13. The van der Waals surface area contributed by atoms with Gasteiger partial charge in [-0.3, -0.25) is 4.79 Å². The summed E-state index contributed by atoms with van der Waals surface area (Å²) in [4.78, 5) is 11.4. The fraction of sp³-hybridized carbons (Fsp3) is 0.533. The summed E-state index contributed by atoms with van der Waals surface area (Å²) in [6.45, 7) is 1.10. The predicted molar refractivity (Wildman–Crippen MR) is 81.1 cm³/mol. The first-order valence-corrected chi connectivity index (χ1v) is 7.52. The van der Waals surface area contributed by atoms with E-state index in [9.17, 15) is 9.90 Å².